The lowest BCUT2D eigenvalue weighted by Crippen LogP contribution is -2.36. The van der Waals surface area contributed by atoms with Crippen molar-refractivity contribution >= 4 is 23.4 Å². The minimum absolute atomic E-state index is 0.158. The average Bonchev–Trinajstić information content (AvgIpc) is 2.62. The van der Waals surface area contributed by atoms with E-state index < -0.39 is 0 Å². The standard InChI is InChI=1S/C18H19N3O2/c22-18(8-7-15-4-3-9-19-14-15)20-16-5-1-2-6-17(16)21-10-12-23-13-11-21/h1-9,14H,10-13H2,(H,20,22)/b8-7+. The second-order valence-electron chi connectivity index (χ2n) is 5.23. The molecule has 23 heavy (non-hydrogen) atoms. The van der Waals surface area contributed by atoms with Gasteiger partial charge < -0.3 is 15.0 Å². The van der Waals surface area contributed by atoms with Crippen LogP contribution in [0.15, 0.2) is 54.9 Å². The maximum atomic E-state index is 12.2. The Morgan fingerprint density at radius 2 is 2.00 bits per heavy atom. The Morgan fingerprint density at radius 1 is 1.17 bits per heavy atom. The molecule has 1 saturated heterocycles. The number of nitrogens with zero attached hydrogens (tertiary/aromatic N) is 2. The molecule has 5 nitrogen and oxygen atoms in total. The molecule has 2 aromatic rings. The third-order valence-corrected chi connectivity index (χ3v) is 3.63. The van der Waals surface area contributed by atoms with Crippen LogP contribution in [-0.2, 0) is 9.53 Å². The number of pyridine rings is 1. The van der Waals surface area contributed by atoms with Gasteiger partial charge in [-0.05, 0) is 29.8 Å². The van der Waals surface area contributed by atoms with Crippen molar-refractivity contribution in [1.29, 1.82) is 0 Å². The first-order valence-corrected chi connectivity index (χ1v) is 7.64. The Kier molecular flexibility index (Phi) is 5.01. The summed E-state index contributed by atoms with van der Waals surface area (Å²) in [5.74, 6) is -0.158. The first-order chi connectivity index (χ1) is 11.3. The molecule has 0 bridgehead atoms. The van der Waals surface area contributed by atoms with Crippen molar-refractivity contribution in [2.45, 2.75) is 0 Å². The van der Waals surface area contributed by atoms with Crippen molar-refractivity contribution in [2.75, 3.05) is 36.5 Å². The van der Waals surface area contributed by atoms with Crippen molar-refractivity contribution < 1.29 is 9.53 Å². The number of morpholine rings is 1. The zero-order valence-corrected chi connectivity index (χ0v) is 12.8. The maximum Gasteiger partial charge on any atom is 0.248 e. The lowest BCUT2D eigenvalue weighted by atomic mass is 10.2. The fourth-order valence-electron chi connectivity index (χ4n) is 2.48. The number of carbonyl (C=O) groups is 1. The monoisotopic (exact) mass is 309 g/mol. The highest BCUT2D eigenvalue weighted by atomic mass is 16.5. The van der Waals surface area contributed by atoms with Gasteiger partial charge in [-0.25, -0.2) is 0 Å². The predicted molar refractivity (Wildman–Crippen MR) is 91.4 cm³/mol. The summed E-state index contributed by atoms with van der Waals surface area (Å²) in [6, 6.07) is 11.6. The Balaban J connectivity index is 1.70. The fraction of sp³-hybridized carbons (Fsp3) is 0.222. The number of hydrogen-bond acceptors (Lipinski definition) is 4. The predicted octanol–water partition coefficient (Wildman–Crippen LogP) is 2.57. The molecule has 0 saturated carbocycles. The molecular formula is C18H19N3O2. The lowest BCUT2D eigenvalue weighted by Gasteiger charge is -2.30. The van der Waals surface area contributed by atoms with Crippen LogP contribution in [0.2, 0.25) is 0 Å². The van der Waals surface area contributed by atoms with Gasteiger partial charge in [-0.1, -0.05) is 18.2 Å². The van der Waals surface area contributed by atoms with Crippen molar-refractivity contribution in [3.05, 3.63) is 60.4 Å². The molecule has 118 valence electrons. The molecule has 0 radical (unpaired) electrons. The number of ether oxygens (including phenoxy) is 1. The van der Waals surface area contributed by atoms with E-state index in [-0.39, 0.29) is 5.91 Å². The summed E-state index contributed by atoms with van der Waals surface area (Å²) in [5, 5.41) is 2.95. The van der Waals surface area contributed by atoms with Gasteiger partial charge >= 0.3 is 0 Å². The largest absolute Gasteiger partial charge is 0.378 e. The van der Waals surface area contributed by atoms with E-state index in [1.54, 1.807) is 18.5 Å². The molecule has 1 aromatic carbocycles. The first kappa shape index (κ1) is 15.2. The highest BCUT2D eigenvalue weighted by Gasteiger charge is 2.14. The molecule has 1 amide bonds. The van der Waals surface area contributed by atoms with Gasteiger partial charge in [0.05, 0.1) is 24.6 Å². The summed E-state index contributed by atoms with van der Waals surface area (Å²) < 4.78 is 5.38. The minimum atomic E-state index is -0.158. The van der Waals surface area contributed by atoms with Crippen LogP contribution in [0, 0.1) is 0 Å². The van der Waals surface area contributed by atoms with E-state index in [0.717, 1.165) is 30.0 Å². The molecule has 1 aliphatic rings. The summed E-state index contributed by atoms with van der Waals surface area (Å²) in [4.78, 5) is 18.4. The van der Waals surface area contributed by atoms with Gasteiger partial charge in [0.25, 0.3) is 0 Å². The summed E-state index contributed by atoms with van der Waals surface area (Å²) in [6.45, 7) is 3.09. The van der Waals surface area contributed by atoms with E-state index >= 15 is 0 Å². The number of nitrogens with one attached hydrogen (secondary N) is 1. The van der Waals surface area contributed by atoms with Crippen LogP contribution in [0.1, 0.15) is 5.56 Å². The van der Waals surface area contributed by atoms with Crippen LogP contribution in [0.5, 0.6) is 0 Å². The second-order valence-corrected chi connectivity index (χ2v) is 5.23. The molecule has 1 aromatic heterocycles. The van der Waals surface area contributed by atoms with Crippen molar-refractivity contribution in [3.8, 4) is 0 Å². The second kappa shape index (κ2) is 7.56. The van der Waals surface area contributed by atoms with Crippen LogP contribution in [0.3, 0.4) is 0 Å². The van der Waals surface area contributed by atoms with Crippen LogP contribution in [-0.4, -0.2) is 37.2 Å². The van der Waals surface area contributed by atoms with Gasteiger partial charge in [-0.3, -0.25) is 9.78 Å². The highest BCUT2D eigenvalue weighted by Crippen LogP contribution is 2.26. The van der Waals surface area contributed by atoms with Gasteiger partial charge in [0.15, 0.2) is 0 Å². The number of rotatable bonds is 4. The Bertz CT molecular complexity index is 680. The van der Waals surface area contributed by atoms with E-state index in [9.17, 15) is 4.79 Å². The third-order valence-electron chi connectivity index (χ3n) is 3.63. The summed E-state index contributed by atoms with van der Waals surface area (Å²) in [5.41, 5.74) is 2.73. The maximum absolute atomic E-state index is 12.2. The normalized spacial score (nSPS) is 14.9. The Labute approximate surface area is 135 Å². The quantitative estimate of drug-likeness (QED) is 0.882. The third kappa shape index (κ3) is 4.17. The van der Waals surface area contributed by atoms with E-state index in [1.807, 2.05) is 36.4 Å². The molecule has 3 rings (SSSR count). The smallest absolute Gasteiger partial charge is 0.248 e. The number of para-hydroxylation sites is 2. The molecule has 1 fully saturated rings. The number of anilines is 2. The van der Waals surface area contributed by atoms with E-state index in [0.29, 0.717) is 13.2 Å². The number of hydrogen-bond donors (Lipinski definition) is 1. The molecule has 1 N–H and O–H groups in total. The lowest BCUT2D eigenvalue weighted by molar-refractivity contribution is -0.111. The van der Waals surface area contributed by atoms with E-state index in [4.69, 9.17) is 4.74 Å². The van der Waals surface area contributed by atoms with Gasteiger partial charge in [0, 0.05) is 31.6 Å². The SMILES string of the molecule is O=C(/C=C/c1cccnc1)Nc1ccccc1N1CCOCC1. The minimum Gasteiger partial charge on any atom is -0.378 e. The van der Waals surface area contributed by atoms with Crippen LogP contribution < -0.4 is 10.2 Å². The van der Waals surface area contributed by atoms with Crippen molar-refractivity contribution in [3.63, 3.8) is 0 Å². The van der Waals surface area contributed by atoms with Gasteiger partial charge in [-0.15, -0.1) is 0 Å². The number of benzene rings is 1. The molecule has 0 atom stereocenters. The van der Waals surface area contributed by atoms with Gasteiger partial charge in [0.1, 0.15) is 0 Å². The zero-order valence-electron chi connectivity index (χ0n) is 12.8. The number of aromatic nitrogens is 1. The molecular weight excluding hydrogens is 290 g/mol. The molecule has 2 heterocycles. The van der Waals surface area contributed by atoms with Crippen LogP contribution in [0.4, 0.5) is 11.4 Å². The van der Waals surface area contributed by atoms with Crippen molar-refractivity contribution in [1.82, 2.24) is 4.98 Å². The van der Waals surface area contributed by atoms with Crippen LogP contribution in [0.25, 0.3) is 6.08 Å². The summed E-state index contributed by atoms with van der Waals surface area (Å²) in [6.07, 6.45) is 6.69. The first-order valence-electron chi connectivity index (χ1n) is 7.64. The molecule has 0 spiro atoms. The summed E-state index contributed by atoms with van der Waals surface area (Å²) >= 11 is 0. The number of carbonyl (C=O) groups excluding carboxylic acids is 1. The van der Waals surface area contributed by atoms with Gasteiger partial charge in [0.2, 0.25) is 5.91 Å². The van der Waals surface area contributed by atoms with E-state index in [1.165, 1.54) is 6.08 Å². The topological polar surface area (TPSA) is 54.5 Å². The molecule has 5 heteroatoms. The highest BCUT2D eigenvalue weighted by molar-refractivity contribution is 6.03. The molecule has 1 aliphatic heterocycles. The number of amides is 1. The Hall–Kier alpha value is -2.66. The molecule has 0 unspecified atom stereocenters. The summed E-state index contributed by atoms with van der Waals surface area (Å²) in [7, 11) is 0. The zero-order chi connectivity index (χ0) is 15.9. The molecule has 0 aliphatic carbocycles. The fourth-order valence-corrected chi connectivity index (χ4v) is 2.48. The average molecular weight is 309 g/mol. The van der Waals surface area contributed by atoms with Gasteiger partial charge in [-0.2, -0.15) is 0 Å². The van der Waals surface area contributed by atoms with Crippen LogP contribution >= 0.6 is 0 Å². The Morgan fingerprint density at radius 3 is 2.78 bits per heavy atom. The van der Waals surface area contributed by atoms with Crippen molar-refractivity contribution in [2.24, 2.45) is 0 Å². The van der Waals surface area contributed by atoms with E-state index in [2.05, 4.69) is 15.2 Å².